The number of halogens is 2. The van der Waals surface area contributed by atoms with Crippen molar-refractivity contribution in [3.05, 3.63) is 93.5 Å². The molecule has 0 aliphatic carbocycles. The van der Waals surface area contributed by atoms with Crippen LogP contribution in [0.15, 0.2) is 76.0 Å². The second-order valence-electron chi connectivity index (χ2n) is 7.14. The molecule has 0 saturated carbocycles. The molecule has 0 spiro atoms. The van der Waals surface area contributed by atoms with Crippen molar-refractivity contribution in [1.82, 2.24) is 0 Å². The van der Waals surface area contributed by atoms with Gasteiger partial charge in [0.25, 0.3) is 10.0 Å². The van der Waals surface area contributed by atoms with E-state index in [9.17, 15) is 13.2 Å². The summed E-state index contributed by atoms with van der Waals surface area (Å²) in [7, 11) is -3.80. The van der Waals surface area contributed by atoms with Gasteiger partial charge in [0.1, 0.15) is 11.5 Å². The van der Waals surface area contributed by atoms with E-state index in [4.69, 9.17) is 27.9 Å². The van der Waals surface area contributed by atoms with Gasteiger partial charge >= 0.3 is 5.97 Å². The first kappa shape index (κ1) is 22.3. The predicted octanol–water partition coefficient (Wildman–Crippen LogP) is 5.11. The lowest BCUT2D eigenvalue weighted by molar-refractivity contribution is 0.0517. The number of benzene rings is 3. The third-order valence-corrected chi connectivity index (χ3v) is 6.98. The molecule has 0 radical (unpaired) electrons. The molecule has 0 N–H and O–H groups in total. The number of hydrogen-bond acceptors (Lipinski definition) is 5. The molecule has 3 aromatic rings. The third kappa shape index (κ3) is 4.50. The number of ether oxygens (including phenoxy) is 1. The van der Waals surface area contributed by atoms with Gasteiger partial charge in [0.05, 0.1) is 22.2 Å². The molecule has 0 aromatic heterocycles. The molecule has 4 rings (SSSR count). The van der Waals surface area contributed by atoms with Crippen LogP contribution in [0.4, 0.5) is 5.69 Å². The van der Waals surface area contributed by atoms with E-state index in [1.807, 2.05) is 31.2 Å². The molecular weight excluding hydrogens is 471 g/mol. The molecule has 1 heterocycles. The second kappa shape index (κ2) is 8.94. The number of hydrogen-bond donors (Lipinski definition) is 0. The minimum Gasteiger partial charge on any atom is -0.460 e. The summed E-state index contributed by atoms with van der Waals surface area (Å²) < 4.78 is 34.5. The normalized spacial score (nSPS) is 13.9. The van der Waals surface area contributed by atoms with Gasteiger partial charge in [-0.25, -0.2) is 4.79 Å². The molecule has 1 aliphatic rings. The Balaban J connectivity index is 1.60. The Bertz CT molecular complexity index is 1320. The summed E-state index contributed by atoms with van der Waals surface area (Å²) in [5.74, 6) is -0.274. The Kier molecular flexibility index (Phi) is 6.24. The van der Waals surface area contributed by atoms with E-state index >= 15 is 0 Å². The molecule has 0 fully saturated rings. The van der Waals surface area contributed by atoms with Crippen molar-refractivity contribution in [2.75, 3.05) is 18.1 Å². The highest BCUT2D eigenvalue weighted by molar-refractivity contribution is 7.90. The second-order valence-corrected chi connectivity index (χ2v) is 9.53. The number of carbonyl (C=O) groups is 1. The molecule has 32 heavy (non-hydrogen) atoms. The maximum Gasteiger partial charge on any atom is 0.338 e. The highest BCUT2D eigenvalue weighted by Crippen LogP contribution is 2.30. The number of sulfonamides is 1. The van der Waals surface area contributed by atoms with Crippen molar-refractivity contribution in [1.29, 1.82) is 0 Å². The topological polar surface area (TPSA) is 76.0 Å². The molecule has 0 saturated heterocycles. The van der Waals surface area contributed by atoms with Crippen LogP contribution in [0.1, 0.15) is 21.5 Å². The Morgan fingerprint density at radius 3 is 2.44 bits per heavy atom. The minimum absolute atomic E-state index is 0.00576. The summed E-state index contributed by atoms with van der Waals surface area (Å²) in [6.07, 6.45) is 0. The molecule has 0 amide bonds. The van der Waals surface area contributed by atoms with Gasteiger partial charge in [0.2, 0.25) is 0 Å². The zero-order valence-corrected chi connectivity index (χ0v) is 19.3. The molecule has 164 valence electrons. The average Bonchev–Trinajstić information content (AvgIpc) is 3.05. The number of carbonyl (C=O) groups excluding carboxylic acids is 1. The minimum atomic E-state index is -3.80. The maximum atomic E-state index is 12.6. The van der Waals surface area contributed by atoms with Crippen LogP contribution >= 0.6 is 23.2 Å². The maximum absolute atomic E-state index is 12.6. The summed E-state index contributed by atoms with van der Waals surface area (Å²) in [6.45, 7) is 2.15. The summed E-state index contributed by atoms with van der Waals surface area (Å²) in [5.41, 5.74) is 2.56. The predicted molar refractivity (Wildman–Crippen MR) is 125 cm³/mol. The molecule has 9 heteroatoms. The SMILES string of the molecule is Cc1ccc(N(CCOC(=O)c2ccc(Cl)c(Cl)c2)C2=NS(=O)(=O)c3ccccc32)cc1. The van der Waals surface area contributed by atoms with Gasteiger partial charge in [-0.1, -0.05) is 53.0 Å². The fourth-order valence-corrected chi connectivity index (χ4v) is 4.81. The van der Waals surface area contributed by atoms with Crippen molar-refractivity contribution in [3.63, 3.8) is 0 Å². The quantitative estimate of drug-likeness (QED) is 0.466. The smallest absolute Gasteiger partial charge is 0.338 e. The van der Waals surface area contributed by atoms with Crippen molar-refractivity contribution < 1.29 is 17.9 Å². The lowest BCUT2D eigenvalue weighted by Gasteiger charge is -2.24. The number of fused-ring (bicyclic) bond motifs is 1. The molecular formula is C23H18Cl2N2O4S. The largest absolute Gasteiger partial charge is 0.460 e. The van der Waals surface area contributed by atoms with Crippen molar-refractivity contribution >= 4 is 50.7 Å². The lowest BCUT2D eigenvalue weighted by Crippen LogP contribution is -2.34. The van der Waals surface area contributed by atoms with Gasteiger partial charge < -0.3 is 9.64 Å². The first-order valence-corrected chi connectivity index (χ1v) is 11.9. The molecule has 0 atom stereocenters. The Morgan fingerprint density at radius 2 is 1.72 bits per heavy atom. The number of nitrogens with zero attached hydrogens (tertiary/aromatic N) is 2. The van der Waals surface area contributed by atoms with Crippen LogP contribution in [0.5, 0.6) is 0 Å². The summed E-state index contributed by atoms with van der Waals surface area (Å²) in [5, 5.41) is 0.595. The van der Waals surface area contributed by atoms with E-state index in [0.29, 0.717) is 10.6 Å². The number of aryl methyl sites for hydroxylation is 1. The van der Waals surface area contributed by atoms with Gasteiger partial charge in [-0.05, 0) is 49.4 Å². The van der Waals surface area contributed by atoms with Crippen molar-refractivity contribution in [3.8, 4) is 0 Å². The Labute approximate surface area is 196 Å². The standard InChI is InChI=1S/C23H18Cl2N2O4S/c1-15-6-9-17(10-7-15)27(22-18-4-2-3-5-21(18)32(29,30)26-22)12-13-31-23(28)16-8-11-19(24)20(25)14-16/h2-11,14H,12-13H2,1H3. The number of anilines is 1. The van der Waals surface area contributed by atoms with Crippen LogP contribution in [0.2, 0.25) is 10.0 Å². The van der Waals surface area contributed by atoms with Gasteiger partial charge in [0.15, 0.2) is 5.84 Å². The number of esters is 1. The average molecular weight is 489 g/mol. The van der Waals surface area contributed by atoms with Crippen LogP contribution in [-0.2, 0) is 14.8 Å². The van der Waals surface area contributed by atoms with Crippen LogP contribution in [0.25, 0.3) is 0 Å². The van der Waals surface area contributed by atoms with Crippen LogP contribution < -0.4 is 4.90 Å². The number of amidine groups is 1. The van der Waals surface area contributed by atoms with Gasteiger partial charge in [-0.15, -0.1) is 4.40 Å². The van der Waals surface area contributed by atoms with Gasteiger partial charge in [-0.3, -0.25) is 0 Å². The fraction of sp³-hybridized carbons (Fsp3) is 0.130. The highest BCUT2D eigenvalue weighted by Gasteiger charge is 2.32. The van der Waals surface area contributed by atoms with Gasteiger partial charge in [0, 0.05) is 11.3 Å². The van der Waals surface area contributed by atoms with Crippen molar-refractivity contribution in [2.24, 2.45) is 4.40 Å². The van der Waals surface area contributed by atoms with Gasteiger partial charge in [-0.2, -0.15) is 8.42 Å². The Morgan fingerprint density at radius 1 is 1.00 bits per heavy atom. The molecule has 6 nitrogen and oxygen atoms in total. The summed E-state index contributed by atoms with van der Waals surface area (Å²) in [6, 6.07) is 18.7. The monoisotopic (exact) mass is 488 g/mol. The number of rotatable bonds is 5. The van der Waals surface area contributed by atoms with E-state index in [1.165, 1.54) is 24.3 Å². The Hall–Kier alpha value is -2.87. The highest BCUT2D eigenvalue weighted by atomic mass is 35.5. The van der Waals surface area contributed by atoms with E-state index in [-0.39, 0.29) is 34.5 Å². The molecule has 1 aliphatic heterocycles. The van der Waals surface area contributed by atoms with Crippen LogP contribution in [0, 0.1) is 6.92 Å². The molecule has 0 bridgehead atoms. The third-order valence-electron chi connectivity index (χ3n) is 4.92. The molecule has 3 aromatic carbocycles. The van der Waals surface area contributed by atoms with E-state index in [2.05, 4.69) is 4.40 Å². The van der Waals surface area contributed by atoms with Crippen LogP contribution in [-0.4, -0.2) is 33.4 Å². The first-order chi connectivity index (χ1) is 15.3. The zero-order chi connectivity index (χ0) is 22.9. The van der Waals surface area contributed by atoms with Crippen molar-refractivity contribution in [2.45, 2.75) is 11.8 Å². The van der Waals surface area contributed by atoms with E-state index in [1.54, 1.807) is 23.1 Å². The zero-order valence-electron chi connectivity index (χ0n) is 17.0. The summed E-state index contributed by atoms with van der Waals surface area (Å²) in [4.78, 5) is 14.3. The van der Waals surface area contributed by atoms with Crippen LogP contribution in [0.3, 0.4) is 0 Å². The first-order valence-electron chi connectivity index (χ1n) is 9.67. The lowest BCUT2D eigenvalue weighted by atomic mass is 10.1. The summed E-state index contributed by atoms with van der Waals surface area (Å²) >= 11 is 11.9. The molecule has 0 unspecified atom stereocenters. The fourth-order valence-electron chi connectivity index (χ4n) is 3.30. The van der Waals surface area contributed by atoms with E-state index in [0.717, 1.165) is 11.3 Å². The van der Waals surface area contributed by atoms with E-state index < -0.39 is 16.0 Å².